The number of methoxy groups -OCH3 is 1. The van der Waals surface area contributed by atoms with Crippen LogP contribution in [0.25, 0.3) is 5.57 Å². The first-order chi connectivity index (χ1) is 13.9. The summed E-state index contributed by atoms with van der Waals surface area (Å²) in [6, 6.07) is 11.9. The Morgan fingerprint density at radius 3 is 2.31 bits per heavy atom. The smallest absolute Gasteiger partial charge is 0.278 e. The second kappa shape index (κ2) is 8.57. The molecule has 0 unspecified atom stereocenters. The lowest BCUT2D eigenvalue weighted by Gasteiger charge is -2.19. The van der Waals surface area contributed by atoms with Gasteiger partial charge in [0.1, 0.15) is 17.2 Å². The molecule has 2 amide bonds. The van der Waals surface area contributed by atoms with Gasteiger partial charge in [-0.25, -0.2) is 0 Å². The number of nitrogens with zero attached hydrogens (tertiary/aromatic N) is 1. The first-order valence-corrected chi connectivity index (χ1v) is 9.71. The van der Waals surface area contributed by atoms with Crippen LogP contribution in [0.5, 0.6) is 11.5 Å². The SMILES string of the molecule is CCOc1ccc(C2=C(Nc3ccc(OC)c(Cl)c3)C(=O)N(C(C)C)C2=O)cc1. The van der Waals surface area contributed by atoms with Crippen molar-refractivity contribution in [3.8, 4) is 11.5 Å². The molecule has 0 radical (unpaired) electrons. The molecule has 0 fully saturated rings. The van der Waals surface area contributed by atoms with Crippen LogP contribution in [0.1, 0.15) is 26.3 Å². The van der Waals surface area contributed by atoms with Crippen molar-refractivity contribution in [1.29, 1.82) is 0 Å². The van der Waals surface area contributed by atoms with Crippen LogP contribution in [0.15, 0.2) is 48.2 Å². The fourth-order valence-electron chi connectivity index (χ4n) is 3.17. The maximum atomic E-state index is 13.1. The zero-order valence-electron chi connectivity index (χ0n) is 16.8. The van der Waals surface area contributed by atoms with Gasteiger partial charge in [0.25, 0.3) is 11.8 Å². The van der Waals surface area contributed by atoms with E-state index in [4.69, 9.17) is 21.1 Å². The highest BCUT2D eigenvalue weighted by molar-refractivity contribution is 6.37. The molecule has 2 aromatic rings. The number of carbonyl (C=O) groups is 2. The van der Waals surface area contributed by atoms with Gasteiger partial charge in [0, 0.05) is 11.7 Å². The Hall–Kier alpha value is -2.99. The minimum atomic E-state index is -0.374. The van der Waals surface area contributed by atoms with Crippen molar-refractivity contribution in [2.45, 2.75) is 26.8 Å². The highest BCUT2D eigenvalue weighted by Gasteiger charge is 2.40. The van der Waals surface area contributed by atoms with Gasteiger partial charge in [0.15, 0.2) is 0 Å². The van der Waals surface area contributed by atoms with Crippen LogP contribution < -0.4 is 14.8 Å². The zero-order valence-corrected chi connectivity index (χ0v) is 17.5. The van der Waals surface area contributed by atoms with E-state index in [0.717, 1.165) is 0 Å². The molecule has 1 N–H and O–H groups in total. The monoisotopic (exact) mass is 414 g/mol. The van der Waals surface area contributed by atoms with E-state index in [1.54, 1.807) is 56.3 Å². The minimum Gasteiger partial charge on any atom is -0.495 e. The Balaban J connectivity index is 2.04. The number of nitrogens with one attached hydrogen (secondary N) is 1. The Morgan fingerprint density at radius 2 is 1.76 bits per heavy atom. The van der Waals surface area contributed by atoms with Crippen LogP contribution in [0, 0.1) is 0 Å². The molecule has 1 aliphatic rings. The standard InChI is InChI=1S/C22H23ClN2O4/c1-5-29-16-9-6-14(7-10-16)19-20(22(27)25(13(2)3)21(19)26)24-15-8-11-18(28-4)17(23)12-15/h6-13,24H,5H2,1-4H3. The second-order valence-corrected chi connectivity index (χ2v) is 7.16. The number of carbonyl (C=O) groups excluding carboxylic acids is 2. The summed E-state index contributed by atoms with van der Waals surface area (Å²) in [4.78, 5) is 27.3. The second-order valence-electron chi connectivity index (χ2n) is 6.76. The lowest BCUT2D eigenvalue weighted by atomic mass is 10.0. The molecule has 1 aliphatic heterocycles. The molecule has 7 heteroatoms. The number of halogens is 1. The molecule has 0 aliphatic carbocycles. The molecule has 2 aromatic carbocycles. The van der Waals surface area contributed by atoms with Crippen LogP contribution in [-0.4, -0.2) is 36.5 Å². The summed E-state index contributed by atoms with van der Waals surface area (Å²) in [6.45, 7) is 6.06. The van der Waals surface area contributed by atoms with E-state index in [1.807, 2.05) is 6.92 Å². The number of imide groups is 1. The van der Waals surface area contributed by atoms with E-state index < -0.39 is 0 Å². The zero-order chi connectivity index (χ0) is 21.1. The molecule has 29 heavy (non-hydrogen) atoms. The highest BCUT2D eigenvalue weighted by atomic mass is 35.5. The molecule has 0 spiro atoms. The van der Waals surface area contributed by atoms with Gasteiger partial charge in [0.2, 0.25) is 0 Å². The predicted octanol–water partition coefficient (Wildman–Crippen LogP) is 4.35. The third-order valence-corrected chi connectivity index (χ3v) is 4.80. The number of anilines is 1. The van der Waals surface area contributed by atoms with Crippen molar-refractivity contribution in [3.05, 3.63) is 58.7 Å². The van der Waals surface area contributed by atoms with Gasteiger partial charge in [-0.2, -0.15) is 0 Å². The molecule has 0 bridgehead atoms. The molecule has 0 atom stereocenters. The maximum absolute atomic E-state index is 13.1. The number of rotatable bonds is 7. The van der Waals surface area contributed by atoms with Gasteiger partial charge in [-0.3, -0.25) is 14.5 Å². The molecule has 6 nitrogen and oxygen atoms in total. The van der Waals surface area contributed by atoms with E-state index in [9.17, 15) is 9.59 Å². The lowest BCUT2D eigenvalue weighted by molar-refractivity contribution is -0.138. The van der Waals surface area contributed by atoms with Gasteiger partial charge in [-0.15, -0.1) is 0 Å². The van der Waals surface area contributed by atoms with Crippen LogP contribution in [-0.2, 0) is 9.59 Å². The number of ether oxygens (including phenoxy) is 2. The molecule has 0 saturated heterocycles. The van der Waals surface area contributed by atoms with Crippen molar-refractivity contribution >= 4 is 34.7 Å². The third kappa shape index (κ3) is 4.07. The van der Waals surface area contributed by atoms with Crippen molar-refractivity contribution in [1.82, 2.24) is 4.90 Å². The number of amides is 2. The van der Waals surface area contributed by atoms with Gasteiger partial charge < -0.3 is 14.8 Å². The number of hydrogen-bond donors (Lipinski definition) is 1. The van der Waals surface area contributed by atoms with E-state index in [2.05, 4.69) is 5.32 Å². The van der Waals surface area contributed by atoms with E-state index in [0.29, 0.717) is 40.0 Å². The number of hydrogen-bond acceptors (Lipinski definition) is 5. The van der Waals surface area contributed by atoms with Crippen LogP contribution in [0.3, 0.4) is 0 Å². The Labute approximate surface area is 175 Å². The minimum absolute atomic E-state index is 0.217. The van der Waals surface area contributed by atoms with Gasteiger partial charge in [0.05, 0.1) is 24.3 Å². The summed E-state index contributed by atoms with van der Waals surface area (Å²) >= 11 is 6.20. The maximum Gasteiger partial charge on any atom is 0.278 e. The Kier molecular flexibility index (Phi) is 6.13. The van der Waals surface area contributed by atoms with E-state index in [-0.39, 0.29) is 23.6 Å². The third-order valence-electron chi connectivity index (χ3n) is 4.51. The quantitative estimate of drug-likeness (QED) is 0.682. The Morgan fingerprint density at radius 1 is 1.07 bits per heavy atom. The molecule has 0 saturated carbocycles. The van der Waals surface area contributed by atoms with Gasteiger partial charge in [-0.1, -0.05) is 23.7 Å². The molecular formula is C22H23ClN2O4. The summed E-state index contributed by atoms with van der Waals surface area (Å²) in [7, 11) is 1.53. The molecule has 152 valence electrons. The summed E-state index contributed by atoms with van der Waals surface area (Å²) in [6.07, 6.45) is 0. The Bertz CT molecular complexity index is 967. The summed E-state index contributed by atoms with van der Waals surface area (Å²) < 4.78 is 10.6. The molecule has 0 aromatic heterocycles. The summed E-state index contributed by atoms with van der Waals surface area (Å²) in [5, 5.41) is 3.48. The van der Waals surface area contributed by atoms with E-state index in [1.165, 1.54) is 12.0 Å². The first-order valence-electron chi connectivity index (χ1n) is 9.33. The molecule has 1 heterocycles. The average Bonchev–Trinajstić information content (AvgIpc) is 2.93. The predicted molar refractivity (Wildman–Crippen MR) is 113 cm³/mol. The van der Waals surface area contributed by atoms with Crippen LogP contribution in [0.2, 0.25) is 5.02 Å². The first kappa shape index (κ1) is 20.7. The van der Waals surface area contributed by atoms with Crippen molar-refractivity contribution < 1.29 is 19.1 Å². The molecule has 3 rings (SSSR count). The van der Waals surface area contributed by atoms with Crippen LogP contribution in [0.4, 0.5) is 5.69 Å². The molecular weight excluding hydrogens is 392 g/mol. The lowest BCUT2D eigenvalue weighted by Crippen LogP contribution is -2.38. The largest absolute Gasteiger partial charge is 0.495 e. The summed E-state index contributed by atoms with van der Waals surface area (Å²) in [5.74, 6) is 0.512. The van der Waals surface area contributed by atoms with Crippen molar-refractivity contribution in [2.75, 3.05) is 19.0 Å². The number of benzene rings is 2. The van der Waals surface area contributed by atoms with Gasteiger partial charge >= 0.3 is 0 Å². The highest BCUT2D eigenvalue weighted by Crippen LogP contribution is 2.34. The fraction of sp³-hybridized carbons (Fsp3) is 0.273. The van der Waals surface area contributed by atoms with Gasteiger partial charge in [-0.05, 0) is 56.7 Å². The van der Waals surface area contributed by atoms with Crippen molar-refractivity contribution in [2.24, 2.45) is 0 Å². The summed E-state index contributed by atoms with van der Waals surface area (Å²) in [5.41, 5.74) is 1.76. The van der Waals surface area contributed by atoms with Crippen molar-refractivity contribution in [3.63, 3.8) is 0 Å². The average molecular weight is 415 g/mol. The topological polar surface area (TPSA) is 67.9 Å². The normalized spacial score (nSPS) is 14.1. The fourth-order valence-corrected chi connectivity index (χ4v) is 3.43. The van der Waals surface area contributed by atoms with Crippen LogP contribution >= 0.6 is 11.6 Å². The van der Waals surface area contributed by atoms with E-state index >= 15 is 0 Å².